The zero-order valence-electron chi connectivity index (χ0n) is 70.6. The molecule has 0 saturated carbocycles. The predicted octanol–water partition coefficient (Wildman–Crippen LogP) is 16.7. The molecule has 7 aromatic carbocycles. The summed E-state index contributed by atoms with van der Waals surface area (Å²) in [7, 11) is 16.4. The van der Waals surface area contributed by atoms with Gasteiger partial charge in [-0.05, 0) is 56.5 Å². The van der Waals surface area contributed by atoms with Gasteiger partial charge in [0.2, 0.25) is 5.82 Å². The minimum Gasteiger partial charge on any atom is -0.494 e. The number of nitrogen functional groups attached to an aromatic ring is 1. The van der Waals surface area contributed by atoms with E-state index in [9.17, 15) is 24.6 Å². The molecule has 0 bridgehead atoms. The lowest BCUT2D eigenvalue weighted by atomic mass is 10.0. The number of methoxy groups -OCH3 is 3. The maximum atomic E-state index is 13.9. The van der Waals surface area contributed by atoms with E-state index in [4.69, 9.17) is 74.1 Å². The molecule has 12 aromatic rings. The van der Waals surface area contributed by atoms with Crippen LogP contribution in [-0.2, 0) is 19.4 Å². The molecule has 0 unspecified atom stereocenters. The van der Waals surface area contributed by atoms with Crippen LogP contribution in [0.3, 0.4) is 0 Å². The van der Waals surface area contributed by atoms with E-state index in [2.05, 4.69) is 126 Å². The molecule has 4 aliphatic heterocycles. The largest absolute Gasteiger partial charge is 0.494 e. The molecule has 0 radical (unpaired) electrons. The Hall–Kier alpha value is -13.3. The standard InChI is InChI=1S/C25H31N7O4.C25H33N7O2.C20H18FN5O4.C13H12ClN3O.C4H2Cl2N2/c1-29(2)11-12-30(3)21-15-23(35-4)19(14-22(21)32(33)34)28-24-16-25(27-17-26-24)31-20(10-13-36-31)18-8-6-5-7-9-18;1-30(2)11-12-31(3)22-15-23(33-4)20(14-19(22)26)29-24-16-25(28-17-27-24)32-21(10-13-34-32)18-8-6-5-7-9-18;1-29-18-9-14(21)17(26(27)28)10-15(18)24-19-11-20(23-12-22-19)25-16(7-8-30-25)13-5-3-2-4-6-13;14-12-8-13(16-9-15-12)17-11(6-7-18-17)10-4-2-1-3-5-10;5-3-1-4(6)8-2-7-3/h5-9,14-17,20H,10-13H2,1-4H3,(H,26,27,28);5-9,14-17,21H,10-13,26H2,1-4H3,(H,27,28,29);2-6,9-12,16H,7-8H2,1H3,(H,22,23,24);1-5,8-9,11H,6-7H2;1-2H/t20-;21-;16-;11-;/m1111./s1. The number of nitro groups is 2. The molecule has 35 nitrogen and oxygen atoms in total. The van der Waals surface area contributed by atoms with Crippen LogP contribution in [-0.4, -0.2) is 186 Å². The fourth-order valence-corrected chi connectivity index (χ4v) is 14.3. The summed E-state index contributed by atoms with van der Waals surface area (Å²) in [6.45, 7) is 5.59. The van der Waals surface area contributed by atoms with Crippen LogP contribution in [0.5, 0.6) is 17.2 Å². The van der Waals surface area contributed by atoms with E-state index in [1.165, 1.54) is 69.1 Å². The fraction of sp³-hybridized carbons (Fsp3) is 0.287. The molecule has 5 N–H and O–H groups in total. The van der Waals surface area contributed by atoms with Crippen molar-refractivity contribution >= 4 is 121 Å². The van der Waals surface area contributed by atoms with Gasteiger partial charge in [-0.25, -0.2) is 70.1 Å². The highest BCUT2D eigenvalue weighted by molar-refractivity contribution is 6.33. The molecule has 9 heterocycles. The van der Waals surface area contributed by atoms with Crippen LogP contribution in [0.4, 0.5) is 90.6 Å². The van der Waals surface area contributed by atoms with Crippen molar-refractivity contribution < 1.29 is 47.8 Å². The van der Waals surface area contributed by atoms with Gasteiger partial charge in [-0.3, -0.25) is 39.6 Å². The van der Waals surface area contributed by atoms with Crippen LogP contribution in [0.2, 0.25) is 15.5 Å². The van der Waals surface area contributed by atoms with Crippen LogP contribution in [0.25, 0.3) is 0 Å². The quantitative estimate of drug-likeness (QED) is 0.0161. The van der Waals surface area contributed by atoms with Gasteiger partial charge in [0, 0.05) is 127 Å². The van der Waals surface area contributed by atoms with Crippen molar-refractivity contribution in [3.05, 3.63) is 283 Å². The molecular weight excluding hydrogens is 1680 g/mol. The first kappa shape index (κ1) is 91.9. The topological polar surface area (TPSA) is 368 Å². The van der Waals surface area contributed by atoms with E-state index >= 15 is 0 Å². The number of likely N-dealkylation sites (N-methyl/N-ethyl adjacent to an activating group) is 4. The number of aromatic nitrogens is 10. The predicted molar refractivity (Wildman–Crippen MR) is 484 cm³/mol. The highest BCUT2D eigenvalue weighted by atomic mass is 35.5. The fourth-order valence-electron chi connectivity index (χ4n) is 13.8. The minimum absolute atomic E-state index is 0.00426. The smallest absolute Gasteiger partial charge is 0.307 e. The van der Waals surface area contributed by atoms with E-state index in [0.717, 1.165) is 80.0 Å². The van der Waals surface area contributed by atoms with Gasteiger partial charge in [0.15, 0.2) is 23.3 Å². The second-order valence-corrected chi connectivity index (χ2v) is 30.3. The Labute approximate surface area is 742 Å². The van der Waals surface area contributed by atoms with Gasteiger partial charge in [0.1, 0.15) is 87.5 Å². The van der Waals surface area contributed by atoms with Crippen molar-refractivity contribution in [3.8, 4) is 17.2 Å². The molecule has 4 aliphatic rings. The lowest BCUT2D eigenvalue weighted by Gasteiger charge is -2.25. The van der Waals surface area contributed by atoms with Gasteiger partial charge >= 0.3 is 5.69 Å². The van der Waals surface area contributed by atoms with Crippen molar-refractivity contribution in [2.24, 2.45) is 0 Å². The van der Waals surface area contributed by atoms with Crippen molar-refractivity contribution in [1.82, 2.24) is 59.6 Å². The van der Waals surface area contributed by atoms with Crippen LogP contribution in [0.1, 0.15) is 72.1 Å². The number of benzene rings is 7. The minimum atomic E-state index is -0.984. The summed E-state index contributed by atoms with van der Waals surface area (Å²) < 4.78 is 30.2. The van der Waals surface area contributed by atoms with Crippen LogP contribution < -0.4 is 65.9 Å². The van der Waals surface area contributed by atoms with Crippen LogP contribution >= 0.6 is 34.8 Å². The Balaban J connectivity index is 0.000000151. The van der Waals surface area contributed by atoms with Crippen molar-refractivity contribution in [2.75, 3.05) is 168 Å². The summed E-state index contributed by atoms with van der Waals surface area (Å²) in [6.07, 6.45) is 10.5. The molecule has 5 aromatic heterocycles. The molecule has 4 fully saturated rings. The van der Waals surface area contributed by atoms with Gasteiger partial charge in [0.05, 0.1) is 110 Å². The molecule has 658 valence electrons. The number of hydrogen-bond donors (Lipinski definition) is 4. The monoisotopic (exact) mass is 1780 g/mol. The summed E-state index contributed by atoms with van der Waals surface area (Å²) in [5.74, 6) is 4.20. The maximum Gasteiger partial charge on any atom is 0.307 e. The zero-order valence-corrected chi connectivity index (χ0v) is 72.9. The number of nitro benzene ring substituents is 2. The number of nitrogens with two attached hydrogens (primary N) is 1. The first-order valence-electron chi connectivity index (χ1n) is 39.9. The van der Waals surface area contributed by atoms with E-state index < -0.39 is 16.4 Å². The van der Waals surface area contributed by atoms with Gasteiger partial charge in [-0.2, -0.15) is 4.39 Å². The summed E-state index contributed by atoms with van der Waals surface area (Å²) in [6, 6.07) is 58.3. The number of rotatable bonds is 27. The molecule has 39 heteroatoms. The average molecular weight is 1780 g/mol. The van der Waals surface area contributed by atoms with Crippen LogP contribution in [0, 0.1) is 26.0 Å². The third kappa shape index (κ3) is 24.6. The Morgan fingerprint density at radius 1 is 0.405 bits per heavy atom. The molecule has 0 aliphatic carbocycles. The summed E-state index contributed by atoms with van der Waals surface area (Å²) in [5, 5.41) is 40.7. The van der Waals surface area contributed by atoms with E-state index in [-0.39, 0.29) is 46.2 Å². The Morgan fingerprint density at radius 3 is 1.03 bits per heavy atom. The lowest BCUT2D eigenvalue weighted by molar-refractivity contribution is -0.387. The maximum absolute atomic E-state index is 13.9. The van der Waals surface area contributed by atoms with Gasteiger partial charge < -0.3 is 55.5 Å². The zero-order chi connectivity index (χ0) is 89.2. The molecule has 4 atom stereocenters. The Kier molecular flexibility index (Phi) is 32.7. The first-order chi connectivity index (χ1) is 61.0. The summed E-state index contributed by atoms with van der Waals surface area (Å²) >= 11 is 16.7. The first-order valence-corrected chi connectivity index (χ1v) is 41.0. The number of halogens is 4. The number of nitrogens with zero attached hydrogens (tertiary/aromatic N) is 20. The van der Waals surface area contributed by atoms with Crippen molar-refractivity contribution in [2.45, 2.75) is 49.9 Å². The third-order valence-electron chi connectivity index (χ3n) is 20.1. The molecule has 16 rings (SSSR count). The number of nitrogens with one attached hydrogen (secondary N) is 3. The molecule has 0 amide bonds. The van der Waals surface area contributed by atoms with Crippen molar-refractivity contribution in [3.63, 3.8) is 0 Å². The number of ether oxygens (including phenoxy) is 3. The highest BCUT2D eigenvalue weighted by Crippen LogP contribution is 2.44. The molecule has 4 saturated heterocycles. The second kappa shape index (κ2) is 44.9. The van der Waals surface area contributed by atoms with Gasteiger partial charge in [-0.1, -0.05) is 156 Å². The Morgan fingerprint density at radius 2 is 0.706 bits per heavy atom. The highest BCUT2D eigenvalue weighted by Gasteiger charge is 2.34. The number of anilines is 13. The molecule has 0 spiro atoms. The third-order valence-corrected chi connectivity index (χ3v) is 20.7. The van der Waals surface area contributed by atoms with Crippen LogP contribution in [0.15, 0.2) is 220 Å². The SMILES string of the molecule is COc1cc(F)c([N+](=O)[O-])cc1Nc1cc(N2OCC[C@@H]2c2ccccc2)ncn1.COc1cc(N(C)CCN(C)C)c(N)cc1Nc1cc(N2OCC[C@@H]2c2ccccc2)ncn1.COc1cc(N(C)CCN(C)C)c([N+](=O)[O-])cc1Nc1cc(N2OCC[C@@H]2c2ccccc2)ncn1.Clc1cc(Cl)ncn1.Clc1cc(N2OCC[C@@H]2c2ccccc2)ncn1. The van der Waals surface area contributed by atoms with E-state index in [0.29, 0.717) is 118 Å². The second-order valence-electron chi connectivity index (χ2n) is 29.1. The average Bonchev–Trinajstić information content (AvgIpc) is 1.11. The van der Waals surface area contributed by atoms with Gasteiger partial charge in [-0.15, -0.1) is 0 Å². The van der Waals surface area contributed by atoms with Gasteiger partial charge in [0.25, 0.3) is 5.69 Å². The normalized spacial score (nSPS) is 15.6. The summed E-state index contributed by atoms with van der Waals surface area (Å²) in [4.78, 5) is 94.5. The lowest BCUT2D eigenvalue weighted by Crippen LogP contribution is -2.29. The summed E-state index contributed by atoms with van der Waals surface area (Å²) in [5.41, 5.74) is 13.8. The van der Waals surface area contributed by atoms with E-state index in [1.807, 2.05) is 151 Å². The Bertz CT molecular complexity index is 5540. The number of hydroxylamine groups is 4. The molecule has 126 heavy (non-hydrogen) atoms. The number of hydrogen-bond acceptors (Lipinski definition) is 33. The van der Waals surface area contributed by atoms with E-state index in [1.54, 1.807) is 41.5 Å². The van der Waals surface area contributed by atoms with Crippen molar-refractivity contribution in [1.29, 1.82) is 0 Å². The molecular formula is C87H96Cl3FN24O11.